The zero-order chi connectivity index (χ0) is 15.5. The van der Waals surface area contributed by atoms with Gasteiger partial charge in [0.15, 0.2) is 0 Å². The number of aromatic nitrogens is 2. The van der Waals surface area contributed by atoms with Crippen molar-refractivity contribution in [3.8, 4) is 11.8 Å². The van der Waals surface area contributed by atoms with Gasteiger partial charge < -0.3 is 10.4 Å². The number of phenolic OH excluding ortho intramolecular Hbond substituents is 1. The Morgan fingerprint density at radius 3 is 2.95 bits per heavy atom. The minimum Gasteiger partial charge on any atom is -0.506 e. The molecule has 3 aromatic rings. The Labute approximate surface area is 126 Å². The van der Waals surface area contributed by atoms with Gasteiger partial charge in [0, 0.05) is 5.39 Å². The lowest BCUT2D eigenvalue weighted by atomic mass is 10.1. The van der Waals surface area contributed by atoms with Crippen LogP contribution in [0.15, 0.2) is 42.5 Å². The molecule has 1 aromatic heterocycles. The molecule has 0 atom stereocenters. The number of carbonyl (C=O) groups excluding carboxylic acids is 1. The molecule has 6 heteroatoms. The van der Waals surface area contributed by atoms with Crippen molar-refractivity contribution in [2.24, 2.45) is 0 Å². The number of fused-ring (bicyclic) bond motifs is 1. The zero-order valence-electron chi connectivity index (χ0n) is 11.5. The Kier molecular flexibility index (Phi) is 3.46. The predicted octanol–water partition coefficient (Wildman–Crippen LogP) is 2.32. The van der Waals surface area contributed by atoms with Crippen molar-refractivity contribution < 1.29 is 9.90 Å². The minimum atomic E-state index is -0.306. The molecule has 2 aromatic carbocycles. The van der Waals surface area contributed by atoms with Gasteiger partial charge in [0.05, 0.1) is 35.0 Å². The summed E-state index contributed by atoms with van der Waals surface area (Å²) in [6, 6.07) is 13.7. The number of nitriles is 1. The average molecular weight is 292 g/mol. The van der Waals surface area contributed by atoms with Crippen molar-refractivity contribution in [1.82, 2.24) is 10.2 Å². The molecule has 0 aliphatic carbocycles. The highest BCUT2D eigenvalue weighted by Gasteiger charge is 2.12. The molecule has 0 saturated carbocycles. The van der Waals surface area contributed by atoms with Crippen LogP contribution in [0.4, 0.5) is 5.69 Å². The van der Waals surface area contributed by atoms with Gasteiger partial charge in [-0.15, -0.1) is 0 Å². The van der Waals surface area contributed by atoms with E-state index in [4.69, 9.17) is 5.26 Å². The Morgan fingerprint density at radius 1 is 1.32 bits per heavy atom. The maximum Gasteiger partial charge on any atom is 0.230 e. The Balaban J connectivity index is 1.80. The summed E-state index contributed by atoms with van der Waals surface area (Å²) in [6.45, 7) is 0. The number of aromatic amines is 1. The number of aromatic hydroxyl groups is 1. The number of benzene rings is 2. The second-order valence-electron chi connectivity index (χ2n) is 4.79. The molecule has 0 bridgehead atoms. The molecule has 108 valence electrons. The van der Waals surface area contributed by atoms with Gasteiger partial charge in [0.2, 0.25) is 5.91 Å². The molecule has 0 aliphatic rings. The highest BCUT2D eigenvalue weighted by molar-refractivity contribution is 5.96. The average Bonchev–Trinajstić information content (AvgIpc) is 2.93. The van der Waals surface area contributed by atoms with E-state index in [9.17, 15) is 9.90 Å². The van der Waals surface area contributed by atoms with E-state index in [1.54, 1.807) is 0 Å². The van der Waals surface area contributed by atoms with Crippen LogP contribution in [-0.4, -0.2) is 21.2 Å². The Hall–Kier alpha value is -3.33. The van der Waals surface area contributed by atoms with Crippen molar-refractivity contribution in [3.63, 3.8) is 0 Å². The minimum absolute atomic E-state index is 0.0816. The molecule has 0 spiro atoms. The van der Waals surface area contributed by atoms with E-state index in [1.165, 1.54) is 18.2 Å². The van der Waals surface area contributed by atoms with Crippen molar-refractivity contribution in [2.45, 2.75) is 6.42 Å². The van der Waals surface area contributed by atoms with Gasteiger partial charge in [-0.2, -0.15) is 10.4 Å². The van der Waals surface area contributed by atoms with Crippen molar-refractivity contribution in [1.29, 1.82) is 5.26 Å². The smallest absolute Gasteiger partial charge is 0.230 e. The first-order chi connectivity index (χ1) is 10.7. The van der Waals surface area contributed by atoms with Crippen molar-refractivity contribution >= 4 is 22.5 Å². The van der Waals surface area contributed by atoms with E-state index >= 15 is 0 Å². The number of amides is 1. The molecule has 0 saturated heterocycles. The number of H-pyrrole nitrogens is 1. The fraction of sp³-hybridized carbons (Fsp3) is 0.0625. The maximum absolute atomic E-state index is 12.1. The Morgan fingerprint density at radius 2 is 2.14 bits per heavy atom. The van der Waals surface area contributed by atoms with Gasteiger partial charge in [-0.25, -0.2) is 0 Å². The first kappa shape index (κ1) is 13.6. The van der Waals surface area contributed by atoms with Gasteiger partial charge in [-0.3, -0.25) is 9.89 Å². The zero-order valence-corrected chi connectivity index (χ0v) is 11.5. The summed E-state index contributed by atoms with van der Waals surface area (Å²) in [5.41, 5.74) is 2.07. The summed E-state index contributed by atoms with van der Waals surface area (Å²) in [7, 11) is 0. The molecule has 1 heterocycles. The molecule has 3 N–H and O–H groups in total. The fourth-order valence-electron chi connectivity index (χ4n) is 2.21. The summed E-state index contributed by atoms with van der Waals surface area (Å²) in [5, 5.41) is 29.0. The van der Waals surface area contributed by atoms with Crippen LogP contribution in [0.5, 0.6) is 5.75 Å². The highest BCUT2D eigenvalue weighted by atomic mass is 16.3. The number of hydrogen-bond acceptors (Lipinski definition) is 4. The van der Waals surface area contributed by atoms with Gasteiger partial charge in [-0.1, -0.05) is 18.2 Å². The SMILES string of the molecule is N#Cc1ccc(O)c(NC(=O)Cc2[nH]nc3ccccc23)c1. The molecule has 0 fully saturated rings. The van der Waals surface area contributed by atoms with Crippen molar-refractivity contribution in [3.05, 3.63) is 53.7 Å². The number of hydrogen-bond donors (Lipinski definition) is 3. The van der Waals surface area contributed by atoms with Gasteiger partial charge in [0.25, 0.3) is 0 Å². The molecular weight excluding hydrogens is 280 g/mol. The maximum atomic E-state index is 12.1. The topological polar surface area (TPSA) is 102 Å². The molecule has 1 amide bonds. The second kappa shape index (κ2) is 5.58. The van der Waals surface area contributed by atoms with Crippen LogP contribution in [-0.2, 0) is 11.2 Å². The number of rotatable bonds is 3. The second-order valence-corrected chi connectivity index (χ2v) is 4.79. The van der Waals surface area contributed by atoms with E-state index in [-0.39, 0.29) is 23.8 Å². The molecule has 6 nitrogen and oxygen atoms in total. The van der Waals surface area contributed by atoms with Crippen LogP contribution < -0.4 is 5.32 Å². The molecule has 3 rings (SSSR count). The third-order valence-electron chi connectivity index (χ3n) is 3.28. The number of nitrogens with one attached hydrogen (secondary N) is 2. The lowest BCUT2D eigenvalue weighted by Gasteiger charge is -2.07. The third-order valence-corrected chi connectivity index (χ3v) is 3.28. The summed E-state index contributed by atoms with van der Waals surface area (Å²) in [4.78, 5) is 12.1. The van der Waals surface area contributed by atoms with E-state index < -0.39 is 0 Å². The van der Waals surface area contributed by atoms with Crippen LogP contribution >= 0.6 is 0 Å². The standard InChI is InChI=1S/C16H12N4O2/c17-9-10-5-6-15(21)14(7-10)18-16(22)8-13-11-3-1-2-4-12(11)19-20-13/h1-7,21H,8H2,(H,18,22)(H,19,20). The van der Waals surface area contributed by atoms with E-state index in [0.717, 1.165) is 10.9 Å². The lowest BCUT2D eigenvalue weighted by Crippen LogP contribution is -2.15. The van der Waals surface area contributed by atoms with Gasteiger partial charge in [0.1, 0.15) is 5.75 Å². The highest BCUT2D eigenvalue weighted by Crippen LogP contribution is 2.24. The van der Waals surface area contributed by atoms with E-state index in [0.29, 0.717) is 11.3 Å². The summed E-state index contributed by atoms with van der Waals surface area (Å²) >= 11 is 0. The van der Waals surface area contributed by atoms with Gasteiger partial charge >= 0.3 is 0 Å². The van der Waals surface area contributed by atoms with E-state index in [1.807, 2.05) is 30.3 Å². The number of para-hydroxylation sites is 1. The Bertz CT molecular complexity index is 893. The number of nitrogens with zero attached hydrogens (tertiary/aromatic N) is 2. The van der Waals surface area contributed by atoms with E-state index in [2.05, 4.69) is 15.5 Å². The number of phenols is 1. The number of carbonyl (C=O) groups is 1. The molecule has 0 unspecified atom stereocenters. The largest absolute Gasteiger partial charge is 0.506 e. The van der Waals surface area contributed by atoms with Crippen LogP contribution in [0.3, 0.4) is 0 Å². The molecule has 22 heavy (non-hydrogen) atoms. The van der Waals surface area contributed by atoms with Crippen LogP contribution in [0.2, 0.25) is 0 Å². The van der Waals surface area contributed by atoms with Crippen LogP contribution in [0, 0.1) is 11.3 Å². The summed E-state index contributed by atoms with van der Waals surface area (Å²) in [5.74, 6) is -0.387. The van der Waals surface area contributed by atoms with Crippen LogP contribution in [0.25, 0.3) is 10.9 Å². The monoisotopic (exact) mass is 292 g/mol. The first-order valence-electron chi connectivity index (χ1n) is 6.62. The molecule has 0 radical (unpaired) electrons. The number of anilines is 1. The van der Waals surface area contributed by atoms with Gasteiger partial charge in [-0.05, 0) is 24.3 Å². The normalized spacial score (nSPS) is 10.3. The summed E-state index contributed by atoms with van der Waals surface area (Å²) < 4.78 is 0. The molecule has 0 aliphatic heterocycles. The van der Waals surface area contributed by atoms with Crippen molar-refractivity contribution in [2.75, 3.05) is 5.32 Å². The predicted molar refractivity (Wildman–Crippen MR) is 81.2 cm³/mol. The third kappa shape index (κ3) is 2.60. The van der Waals surface area contributed by atoms with Crippen LogP contribution in [0.1, 0.15) is 11.3 Å². The lowest BCUT2D eigenvalue weighted by molar-refractivity contribution is -0.115. The fourth-order valence-corrected chi connectivity index (χ4v) is 2.21. The summed E-state index contributed by atoms with van der Waals surface area (Å²) in [6.07, 6.45) is 0.0940. The first-order valence-corrected chi connectivity index (χ1v) is 6.62. The quantitative estimate of drug-likeness (QED) is 0.645. The molecular formula is C16H12N4O2.